The fourth-order valence-electron chi connectivity index (χ4n) is 2.73. The SMILES string of the molecule is C=C(C)C[C@@H](c1cc(O)ccc1[N+](=O)[O-])N1CCNCC1.Cl.Cl. The first-order chi connectivity index (χ1) is 9.99. The van der Waals surface area contributed by atoms with Crippen LogP contribution in [-0.2, 0) is 0 Å². The molecule has 0 amide bonds. The van der Waals surface area contributed by atoms with Crippen molar-refractivity contribution in [3.63, 3.8) is 0 Å². The van der Waals surface area contributed by atoms with E-state index in [0.29, 0.717) is 12.0 Å². The number of nitrogens with one attached hydrogen (secondary N) is 1. The van der Waals surface area contributed by atoms with Gasteiger partial charge in [0.05, 0.1) is 10.5 Å². The number of nitrogens with zero attached hydrogens (tertiary/aromatic N) is 2. The van der Waals surface area contributed by atoms with E-state index in [-0.39, 0.29) is 47.2 Å². The van der Waals surface area contributed by atoms with Crippen molar-refractivity contribution in [1.82, 2.24) is 10.2 Å². The fourth-order valence-corrected chi connectivity index (χ4v) is 2.73. The van der Waals surface area contributed by atoms with Crippen molar-refractivity contribution in [2.75, 3.05) is 26.2 Å². The molecule has 0 unspecified atom stereocenters. The van der Waals surface area contributed by atoms with Crippen LogP contribution in [0, 0.1) is 10.1 Å². The summed E-state index contributed by atoms with van der Waals surface area (Å²) < 4.78 is 0. The predicted octanol–water partition coefficient (Wildman–Crippen LogP) is 3.06. The lowest BCUT2D eigenvalue weighted by Crippen LogP contribution is -2.45. The van der Waals surface area contributed by atoms with E-state index in [1.165, 1.54) is 18.2 Å². The van der Waals surface area contributed by atoms with E-state index >= 15 is 0 Å². The number of nitro benzene ring substituents is 1. The van der Waals surface area contributed by atoms with E-state index in [4.69, 9.17) is 0 Å². The van der Waals surface area contributed by atoms with Gasteiger partial charge in [-0.1, -0.05) is 5.57 Å². The van der Waals surface area contributed by atoms with Crippen LogP contribution in [0.2, 0.25) is 0 Å². The van der Waals surface area contributed by atoms with E-state index in [0.717, 1.165) is 31.8 Å². The minimum absolute atomic E-state index is 0. The molecule has 1 fully saturated rings. The standard InChI is InChI=1S/C15H21N3O3.2ClH/c1-11(2)9-15(17-7-5-16-6-8-17)13-10-12(19)3-4-14(13)18(20)21;;/h3-4,10,15-16,19H,1,5-9H2,2H3;2*1H/t15-;;/m0../s1. The summed E-state index contributed by atoms with van der Waals surface area (Å²) in [4.78, 5) is 13.1. The molecule has 2 N–H and O–H groups in total. The van der Waals surface area contributed by atoms with Crippen LogP contribution in [0.5, 0.6) is 5.75 Å². The van der Waals surface area contributed by atoms with Crippen molar-refractivity contribution in [1.29, 1.82) is 0 Å². The Balaban J connectivity index is 0.00000242. The number of benzene rings is 1. The number of piperazine rings is 1. The monoisotopic (exact) mass is 363 g/mol. The highest BCUT2D eigenvalue weighted by Gasteiger charge is 2.28. The summed E-state index contributed by atoms with van der Waals surface area (Å²) in [5.74, 6) is 0.0532. The number of rotatable bonds is 5. The maximum atomic E-state index is 11.3. The summed E-state index contributed by atoms with van der Waals surface area (Å²) in [6, 6.07) is 4.11. The molecule has 1 heterocycles. The molecule has 8 heteroatoms. The Morgan fingerprint density at radius 1 is 1.43 bits per heavy atom. The second kappa shape index (κ2) is 9.72. The van der Waals surface area contributed by atoms with Gasteiger partial charge in [-0.15, -0.1) is 31.4 Å². The zero-order valence-electron chi connectivity index (χ0n) is 13.0. The number of hydrogen-bond acceptors (Lipinski definition) is 5. The van der Waals surface area contributed by atoms with Crippen molar-refractivity contribution in [2.45, 2.75) is 19.4 Å². The zero-order chi connectivity index (χ0) is 15.4. The Kier molecular flexibility index (Phi) is 9.16. The van der Waals surface area contributed by atoms with E-state index in [9.17, 15) is 15.2 Å². The Labute approximate surface area is 148 Å². The van der Waals surface area contributed by atoms with E-state index in [2.05, 4.69) is 16.8 Å². The molecule has 130 valence electrons. The first-order valence-corrected chi connectivity index (χ1v) is 7.05. The first-order valence-electron chi connectivity index (χ1n) is 7.05. The topological polar surface area (TPSA) is 78.6 Å². The van der Waals surface area contributed by atoms with Crippen LogP contribution < -0.4 is 5.32 Å². The molecule has 0 spiro atoms. The Morgan fingerprint density at radius 2 is 2.04 bits per heavy atom. The predicted molar refractivity (Wildman–Crippen MR) is 95.9 cm³/mol. The smallest absolute Gasteiger partial charge is 0.274 e. The number of aromatic hydroxyl groups is 1. The first kappa shape index (κ1) is 21.7. The summed E-state index contributed by atoms with van der Waals surface area (Å²) in [5, 5.41) is 24.3. The normalized spacial score (nSPS) is 15.9. The summed E-state index contributed by atoms with van der Waals surface area (Å²) in [6.45, 7) is 9.23. The van der Waals surface area contributed by atoms with Crippen molar-refractivity contribution in [2.24, 2.45) is 0 Å². The van der Waals surface area contributed by atoms with Gasteiger partial charge in [0.25, 0.3) is 5.69 Å². The Hall–Kier alpha value is -1.34. The number of phenolic OH excluding ortho intramolecular Hbond substituents is 1. The van der Waals surface area contributed by atoms with E-state index < -0.39 is 0 Å². The summed E-state index contributed by atoms with van der Waals surface area (Å²) in [7, 11) is 0. The summed E-state index contributed by atoms with van der Waals surface area (Å²) in [5.41, 5.74) is 1.58. The molecule has 1 aromatic carbocycles. The quantitative estimate of drug-likeness (QED) is 0.477. The van der Waals surface area contributed by atoms with Gasteiger partial charge < -0.3 is 10.4 Å². The van der Waals surface area contributed by atoms with Crippen molar-refractivity contribution in [3.8, 4) is 5.75 Å². The second-order valence-electron chi connectivity index (χ2n) is 5.46. The molecule has 0 bridgehead atoms. The number of halogens is 2. The molecule has 0 aromatic heterocycles. The maximum Gasteiger partial charge on any atom is 0.274 e. The molecule has 1 atom stereocenters. The van der Waals surface area contributed by atoms with Gasteiger partial charge in [-0.05, 0) is 25.5 Å². The van der Waals surface area contributed by atoms with Crippen LogP contribution in [-0.4, -0.2) is 41.1 Å². The average molecular weight is 364 g/mol. The molecule has 1 aliphatic rings. The van der Waals surface area contributed by atoms with Gasteiger partial charge in [0.2, 0.25) is 0 Å². The molecular formula is C15H23Cl2N3O3. The molecular weight excluding hydrogens is 341 g/mol. The molecule has 1 aliphatic heterocycles. The number of hydrogen-bond donors (Lipinski definition) is 2. The lowest BCUT2D eigenvalue weighted by molar-refractivity contribution is -0.386. The average Bonchev–Trinajstić information content (AvgIpc) is 2.45. The van der Waals surface area contributed by atoms with Gasteiger partial charge >= 0.3 is 0 Å². The van der Waals surface area contributed by atoms with Crippen LogP contribution >= 0.6 is 24.8 Å². The molecule has 6 nitrogen and oxygen atoms in total. The molecule has 0 aliphatic carbocycles. The molecule has 23 heavy (non-hydrogen) atoms. The highest BCUT2D eigenvalue weighted by atomic mass is 35.5. The fraction of sp³-hybridized carbons (Fsp3) is 0.467. The summed E-state index contributed by atoms with van der Waals surface area (Å²) >= 11 is 0. The van der Waals surface area contributed by atoms with Gasteiger partial charge in [0.1, 0.15) is 5.75 Å². The van der Waals surface area contributed by atoms with Gasteiger partial charge in [-0.3, -0.25) is 15.0 Å². The Morgan fingerprint density at radius 3 is 2.57 bits per heavy atom. The molecule has 2 rings (SSSR count). The van der Waals surface area contributed by atoms with Gasteiger partial charge in [0, 0.05) is 38.3 Å². The Bertz CT molecular complexity index is 549. The number of nitro groups is 1. The van der Waals surface area contributed by atoms with Gasteiger partial charge in [-0.25, -0.2) is 0 Å². The second-order valence-corrected chi connectivity index (χ2v) is 5.46. The molecule has 1 aromatic rings. The van der Waals surface area contributed by atoms with Crippen LogP contribution in [0.25, 0.3) is 0 Å². The molecule has 1 saturated heterocycles. The minimum atomic E-state index is -0.387. The van der Waals surface area contributed by atoms with Crippen LogP contribution in [0.4, 0.5) is 5.69 Å². The number of phenols is 1. The zero-order valence-corrected chi connectivity index (χ0v) is 14.7. The van der Waals surface area contributed by atoms with Crippen molar-refractivity contribution < 1.29 is 10.0 Å². The van der Waals surface area contributed by atoms with Crippen LogP contribution in [0.15, 0.2) is 30.4 Å². The van der Waals surface area contributed by atoms with Crippen LogP contribution in [0.1, 0.15) is 24.9 Å². The lowest BCUT2D eigenvalue weighted by Gasteiger charge is -2.35. The minimum Gasteiger partial charge on any atom is -0.508 e. The molecule has 0 radical (unpaired) electrons. The van der Waals surface area contributed by atoms with Crippen molar-refractivity contribution >= 4 is 30.5 Å². The molecule has 0 saturated carbocycles. The van der Waals surface area contributed by atoms with Gasteiger partial charge in [-0.2, -0.15) is 0 Å². The van der Waals surface area contributed by atoms with E-state index in [1.54, 1.807) is 0 Å². The van der Waals surface area contributed by atoms with Crippen LogP contribution in [0.3, 0.4) is 0 Å². The van der Waals surface area contributed by atoms with E-state index in [1.807, 2.05) is 6.92 Å². The highest BCUT2D eigenvalue weighted by Crippen LogP contribution is 2.35. The third kappa shape index (κ3) is 5.66. The highest BCUT2D eigenvalue weighted by molar-refractivity contribution is 5.85. The lowest BCUT2D eigenvalue weighted by atomic mass is 9.96. The third-order valence-electron chi connectivity index (χ3n) is 3.70. The summed E-state index contributed by atoms with van der Waals surface area (Å²) in [6.07, 6.45) is 0.643. The van der Waals surface area contributed by atoms with Crippen molar-refractivity contribution in [3.05, 3.63) is 46.0 Å². The largest absolute Gasteiger partial charge is 0.508 e. The maximum absolute atomic E-state index is 11.3. The van der Waals surface area contributed by atoms with Gasteiger partial charge in [0.15, 0.2) is 0 Å². The third-order valence-corrected chi connectivity index (χ3v) is 3.70.